The number of rotatable bonds is 24. The highest BCUT2D eigenvalue weighted by molar-refractivity contribution is 5.74. The van der Waals surface area contributed by atoms with Crippen molar-refractivity contribution in [2.45, 2.75) is 25.7 Å². The molecule has 12 fully saturated rings. The average Bonchev–Trinajstić information content (AvgIpc) is 3.42. The summed E-state index contributed by atoms with van der Waals surface area (Å²) in [6.45, 7) is 39.7. The van der Waals surface area contributed by atoms with Gasteiger partial charge in [-0.15, -0.1) is 0 Å². The minimum absolute atomic E-state index is 0.745. The zero-order chi connectivity index (χ0) is 50.8. The maximum atomic E-state index is 6.56. The maximum absolute atomic E-state index is 6.56. The zero-order valence-corrected chi connectivity index (χ0v) is 46.7. The Hall–Kier alpha value is -3.98. The molecule has 0 saturated carbocycles. The molecule has 12 heteroatoms. The largest absolute Gasteiger partial charge is 0.493 e. The number of likely N-dealkylation sites (N-methyl/N-ethyl adjacent to an activating group) is 4. The van der Waals surface area contributed by atoms with E-state index < -0.39 is 0 Å². The van der Waals surface area contributed by atoms with Crippen LogP contribution in [0.15, 0.2) is 60.7 Å². The Balaban J connectivity index is 0.717. The monoisotopic (exact) mass is 1020 g/mol. The summed E-state index contributed by atoms with van der Waals surface area (Å²) in [7, 11) is 9.80. The van der Waals surface area contributed by atoms with Gasteiger partial charge in [0, 0.05) is 37.8 Å². The smallest absolute Gasteiger partial charge is 0.129 e. The van der Waals surface area contributed by atoms with E-state index in [0.717, 1.165) is 86.2 Å². The number of piperazine rings is 12. The van der Waals surface area contributed by atoms with Crippen LogP contribution < -0.4 is 18.9 Å². The molecule has 402 valence electrons. The van der Waals surface area contributed by atoms with Gasteiger partial charge in [-0.3, -0.25) is 0 Å². The zero-order valence-electron chi connectivity index (χ0n) is 46.7. The first kappa shape index (κ1) is 52.1. The molecule has 0 amide bonds. The first-order valence-electron chi connectivity index (χ1n) is 29.7. The van der Waals surface area contributed by atoms with E-state index in [0.29, 0.717) is 0 Å². The molecule has 74 heavy (non-hydrogen) atoms. The van der Waals surface area contributed by atoms with Gasteiger partial charge in [-0.2, -0.15) is 0 Å². The standard InChI is InChI=1S/C62H98N8O4/c1-63-21-33-67(34-22-63,35-23-63)17-5-45-71-59-49-57(50-60(53-59)72-46-6-18-68-36-24-64(2,25-37-68)26-38-68)15-13-55-9-11-56(12-10-55)14-16-58-51-61(73-47-7-19-69-39-27-65(3,28-40-69)29-41-69)54-62(52-58)74-48-8-20-70-42-30-66(4,31-43-70)32-44-70/h9-16,49-54H,5-8,17-48H2,1-4H3/q+8/b15-13+,16-14+. The van der Waals surface area contributed by atoms with Crippen LogP contribution in [0.2, 0.25) is 0 Å². The van der Waals surface area contributed by atoms with E-state index in [9.17, 15) is 0 Å². The third-order valence-electron chi connectivity index (χ3n) is 21.2. The summed E-state index contributed by atoms with van der Waals surface area (Å²) in [6, 6.07) is 21.9. The fraction of sp³-hybridized carbons (Fsp3) is 0.645. The van der Waals surface area contributed by atoms with Gasteiger partial charge in [0.1, 0.15) is 180 Å². The molecule has 12 aliphatic heterocycles. The van der Waals surface area contributed by atoms with Gasteiger partial charge in [0.25, 0.3) is 0 Å². The van der Waals surface area contributed by atoms with Crippen molar-refractivity contribution >= 4 is 24.3 Å². The van der Waals surface area contributed by atoms with Crippen LogP contribution in [0.5, 0.6) is 23.0 Å². The van der Waals surface area contributed by atoms with Gasteiger partial charge in [0.15, 0.2) is 0 Å². The molecule has 12 aliphatic rings. The molecule has 3 aromatic carbocycles. The molecule has 12 nitrogen and oxygen atoms in total. The minimum atomic E-state index is 0.745. The van der Waals surface area contributed by atoms with Crippen molar-refractivity contribution in [3.63, 3.8) is 0 Å². The third kappa shape index (κ3) is 12.6. The Morgan fingerprint density at radius 1 is 0.284 bits per heavy atom. The van der Waals surface area contributed by atoms with Gasteiger partial charge in [-0.05, 0) is 46.5 Å². The van der Waals surface area contributed by atoms with Gasteiger partial charge in [0.05, 0.1) is 80.8 Å². The Labute approximate surface area is 446 Å². The van der Waals surface area contributed by atoms with Gasteiger partial charge in [0.2, 0.25) is 0 Å². The molecule has 0 spiro atoms. The first-order valence-corrected chi connectivity index (χ1v) is 29.7. The second-order valence-corrected chi connectivity index (χ2v) is 26.7. The molecule has 0 atom stereocenters. The Morgan fingerprint density at radius 3 is 0.703 bits per heavy atom. The number of ether oxygens (including phenoxy) is 4. The molecule has 0 N–H and O–H groups in total. The molecule has 12 saturated heterocycles. The van der Waals surface area contributed by atoms with Crippen LogP contribution in [0.1, 0.15) is 47.9 Å². The summed E-state index contributed by atoms with van der Waals surface area (Å²) in [4.78, 5) is 0. The van der Waals surface area contributed by atoms with Crippen molar-refractivity contribution in [1.82, 2.24) is 0 Å². The summed E-state index contributed by atoms with van der Waals surface area (Å²) in [5.41, 5.74) is 4.56. The lowest BCUT2D eigenvalue weighted by Crippen LogP contribution is -2.73. The normalized spacial score (nSPS) is 35.0. The predicted molar refractivity (Wildman–Crippen MR) is 300 cm³/mol. The van der Waals surface area contributed by atoms with Crippen LogP contribution in [0.25, 0.3) is 24.3 Å². The molecular formula is C62H98N8O4+8. The molecule has 0 aliphatic carbocycles. The molecule has 8 bridgehead atoms. The molecular weight excluding hydrogens is 921 g/mol. The van der Waals surface area contributed by atoms with E-state index >= 15 is 0 Å². The lowest BCUT2D eigenvalue weighted by Gasteiger charge is -2.54. The van der Waals surface area contributed by atoms with E-state index in [-0.39, 0.29) is 0 Å². The van der Waals surface area contributed by atoms with Crippen LogP contribution in [0.4, 0.5) is 0 Å². The van der Waals surface area contributed by atoms with Crippen LogP contribution in [0, 0.1) is 0 Å². The number of hydrogen-bond acceptors (Lipinski definition) is 4. The summed E-state index contributed by atoms with van der Waals surface area (Å²) in [5, 5.41) is 0. The number of quaternary nitrogens is 8. The minimum Gasteiger partial charge on any atom is -0.493 e. The molecule has 15 rings (SSSR count). The topological polar surface area (TPSA) is 36.9 Å². The van der Waals surface area contributed by atoms with E-state index in [2.05, 4.69) is 113 Å². The lowest BCUT2D eigenvalue weighted by molar-refractivity contribution is -1.07. The highest BCUT2D eigenvalue weighted by Gasteiger charge is 2.49. The summed E-state index contributed by atoms with van der Waals surface area (Å²) < 4.78 is 36.5. The van der Waals surface area contributed by atoms with Crippen LogP contribution in [-0.4, -0.2) is 274 Å². The van der Waals surface area contributed by atoms with Gasteiger partial charge >= 0.3 is 0 Å². The van der Waals surface area contributed by atoms with Crippen molar-refractivity contribution in [3.8, 4) is 23.0 Å². The van der Waals surface area contributed by atoms with Crippen molar-refractivity contribution in [2.24, 2.45) is 0 Å². The number of hydrogen-bond donors (Lipinski definition) is 0. The van der Waals surface area contributed by atoms with Crippen LogP contribution in [-0.2, 0) is 0 Å². The summed E-state index contributed by atoms with van der Waals surface area (Å²) in [5.74, 6) is 3.65. The van der Waals surface area contributed by atoms with Gasteiger partial charge in [-0.1, -0.05) is 48.6 Å². The van der Waals surface area contributed by atoms with E-state index in [1.165, 1.54) is 230 Å². The highest BCUT2D eigenvalue weighted by atomic mass is 16.5. The number of nitrogens with zero attached hydrogens (tertiary/aromatic N) is 8. The fourth-order valence-electron chi connectivity index (χ4n) is 14.6. The quantitative estimate of drug-likeness (QED) is 0.0604. The second-order valence-electron chi connectivity index (χ2n) is 26.7. The van der Waals surface area contributed by atoms with Crippen molar-refractivity contribution < 1.29 is 54.8 Å². The average molecular weight is 1020 g/mol. The molecule has 3 aromatic rings. The van der Waals surface area contributed by atoms with E-state index in [1.807, 2.05) is 0 Å². The Kier molecular flexibility index (Phi) is 15.1. The van der Waals surface area contributed by atoms with E-state index in [1.54, 1.807) is 0 Å². The third-order valence-corrected chi connectivity index (χ3v) is 21.2. The Morgan fingerprint density at radius 2 is 0.486 bits per heavy atom. The van der Waals surface area contributed by atoms with Crippen LogP contribution >= 0.6 is 0 Å². The summed E-state index contributed by atoms with van der Waals surface area (Å²) in [6.07, 6.45) is 13.2. The molecule has 0 unspecified atom stereocenters. The summed E-state index contributed by atoms with van der Waals surface area (Å²) >= 11 is 0. The molecule has 0 aromatic heterocycles. The van der Waals surface area contributed by atoms with Gasteiger partial charge < -0.3 is 54.8 Å². The molecule has 12 heterocycles. The SMILES string of the molecule is C[N+]12CC[N+](CCCOc3cc(/C=C/c4ccc(/C=C/c5cc(OCCC[N+]67CC[N+](C)(CC6)CC7)cc(OCCC[N+]67CC[N+](C)(CC6)CC7)c5)cc4)cc(OCCC[N+]45CC[N+](C)(CC4)CC5)c3)(CC1)CC2. The molecule has 0 radical (unpaired) electrons. The lowest BCUT2D eigenvalue weighted by atomic mass is 10.1. The maximum Gasteiger partial charge on any atom is 0.129 e. The van der Waals surface area contributed by atoms with Gasteiger partial charge in [-0.25, -0.2) is 0 Å². The van der Waals surface area contributed by atoms with Crippen molar-refractivity contribution in [3.05, 3.63) is 82.9 Å². The number of fused-ring (bicyclic) bond motifs is 12. The van der Waals surface area contributed by atoms with E-state index in [4.69, 9.17) is 18.9 Å². The highest BCUT2D eigenvalue weighted by Crippen LogP contribution is 2.32. The van der Waals surface area contributed by atoms with Crippen molar-refractivity contribution in [1.29, 1.82) is 0 Å². The second kappa shape index (κ2) is 21.4. The first-order chi connectivity index (χ1) is 35.7. The predicted octanol–water partition coefficient (Wildman–Crippen LogP) is 6.27. The van der Waals surface area contributed by atoms with Crippen LogP contribution in [0.3, 0.4) is 0 Å². The number of benzene rings is 3. The fourth-order valence-corrected chi connectivity index (χ4v) is 14.6. The Bertz CT molecular complexity index is 2080. The van der Waals surface area contributed by atoms with Crippen molar-refractivity contribution in [2.75, 3.05) is 238 Å².